The smallest absolute Gasteiger partial charge is 0.227 e. The van der Waals surface area contributed by atoms with Gasteiger partial charge in [0.05, 0.1) is 5.92 Å². The Kier molecular flexibility index (Phi) is 4.59. The maximum absolute atomic E-state index is 12.7. The third kappa shape index (κ3) is 3.76. The second-order valence-electron chi connectivity index (χ2n) is 7.27. The lowest BCUT2D eigenvalue weighted by molar-refractivity contribution is -0.137. The number of piperidine rings is 1. The van der Waals surface area contributed by atoms with Gasteiger partial charge in [-0.25, -0.2) is 0 Å². The topological polar surface area (TPSA) is 49.9 Å². The summed E-state index contributed by atoms with van der Waals surface area (Å²) < 4.78 is 5.98. The summed E-state index contributed by atoms with van der Waals surface area (Å²) in [6.45, 7) is 2.01. The van der Waals surface area contributed by atoms with Crippen LogP contribution in [0.25, 0.3) is 0 Å². The predicted molar refractivity (Wildman–Crippen MR) is 94.5 cm³/mol. The zero-order chi connectivity index (χ0) is 17.4. The number of hydrogen-bond acceptors (Lipinski definition) is 3. The fourth-order valence-electron chi connectivity index (χ4n) is 3.79. The molecule has 1 aromatic carbocycles. The van der Waals surface area contributed by atoms with E-state index in [0.29, 0.717) is 37.1 Å². The Hall–Kier alpha value is -1.75. The summed E-state index contributed by atoms with van der Waals surface area (Å²) in [6, 6.07) is 7.78. The number of hydrogen-bond donors (Lipinski definition) is 0. The summed E-state index contributed by atoms with van der Waals surface area (Å²) in [5, 5.41) is 0.694. The second-order valence-corrected chi connectivity index (χ2v) is 7.71. The molecule has 1 aromatic rings. The summed E-state index contributed by atoms with van der Waals surface area (Å²) in [6.07, 6.45) is 4.35. The Morgan fingerprint density at radius 2 is 1.76 bits per heavy atom. The Bertz CT molecular complexity index is 651. The molecule has 0 spiro atoms. The van der Waals surface area contributed by atoms with Crippen molar-refractivity contribution in [2.24, 2.45) is 5.92 Å². The first kappa shape index (κ1) is 16.7. The number of nitrogens with zero attached hydrogens (tertiary/aromatic N) is 2. The van der Waals surface area contributed by atoms with Crippen LogP contribution in [0.5, 0.6) is 5.75 Å². The van der Waals surface area contributed by atoms with Crippen LogP contribution in [0.4, 0.5) is 0 Å². The van der Waals surface area contributed by atoms with Gasteiger partial charge in [0, 0.05) is 50.0 Å². The van der Waals surface area contributed by atoms with E-state index in [1.165, 1.54) is 0 Å². The molecule has 134 valence electrons. The summed E-state index contributed by atoms with van der Waals surface area (Å²) in [5.74, 6) is 0.959. The van der Waals surface area contributed by atoms with Gasteiger partial charge in [-0.3, -0.25) is 9.59 Å². The van der Waals surface area contributed by atoms with Crippen LogP contribution in [0.15, 0.2) is 24.3 Å². The number of carbonyl (C=O) groups is 2. The van der Waals surface area contributed by atoms with Crippen molar-refractivity contribution in [3.8, 4) is 5.75 Å². The van der Waals surface area contributed by atoms with E-state index in [-0.39, 0.29) is 23.8 Å². The molecule has 3 fully saturated rings. The third-order valence-corrected chi connectivity index (χ3v) is 5.62. The van der Waals surface area contributed by atoms with Crippen LogP contribution in [-0.2, 0) is 9.59 Å². The fourth-order valence-corrected chi connectivity index (χ4v) is 3.92. The quantitative estimate of drug-likeness (QED) is 0.827. The maximum Gasteiger partial charge on any atom is 0.227 e. The lowest BCUT2D eigenvalue weighted by Gasteiger charge is -2.33. The van der Waals surface area contributed by atoms with Crippen molar-refractivity contribution in [1.29, 1.82) is 0 Å². The highest BCUT2D eigenvalue weighted by Crippen LogP contribution is 2.33. The minimum atomic E-state index is -0.151. The first-order valence-corrected chi connectivity index (χ1v) is 9.48. The molecular weight excluding hydrogens is 340 g/mol. The zero-order valence-electron chi connectivity index (χ0n) is 14.2. The van der Waals surface area contributed by atoms with Crippen LogP contribution in [0, 0.1) is 5.92 Å². The number of amides is 2. The molecule has 25 heavy (non-hydrogen) atoms. The van der Waals surface area contributed by atoms with E-state index in [1.807, 2.05) is 34.1 Å². The van der Waals surface area contributed by atoms with Crippen molar-refractivity contribution in [2.45, 2.75) is 44.2 Å². The first-order valence-electron chi connectivity index (χ1n) is 9.10. The zero-order valence-corrected chi connectivity index (χ0v) is 15.0. The van der Waals surface area contributed by atoms with E-state index in [1.54, 1.807) is 0 Å². The lowest BCUT2D eigenvalue weighted by Crippen LogP contribution is -2.45. The minimum Gasteiger partial charge on any atom is -0.490 e. The van der Waals surface area contributed by atoms with Crippen molar-refractivity contribution >= 4 is 23.4 Å². The van der Waals surface area contributed by atoms with Crippen molar-refractivity contribution in [3.63, 3.8) is 0 Å². The fraction of sp³-hybridized carbons (Fsp3) is 0.579. The van der Waals surface area contributed by atoms with Crippen LogP contribution in [0.3, 0.4) is 0 Å². The van der Waals surface area contributed by atoms with Crippen LogP contribution in [-0.4, -0.2) is 53.4 Å². The number of benzene rings is 1. The molecule has 0 bridgehead atoms. The highest BCUT2D eigenvalue weighted by Gasteiger charge is 2.43. The Morgan fingerprint density at radius 1 is 1.08 bits per heavy atom. The molecule has 0 aromatic heterocycles. The van der Waals surface area contributed by atoms with E-state index in [4.69, 9.17) is 16.3 Å². The van der Waals surface area contributed by atoms with Crippen molar-refractivity contribution in [2.75, 3.05) is 19.6 Å². The molecule has 2 saturated heterocycles. The number of halogens is 1. The van der Waals surface area contributed by atoms with E-state index < -0.39 is 0 Å². The van der Waals surface area contributed by atoms with Gasteiger partial charge in [0.15, 0.2) is 0 Å². The van der Waals surface area contributed by atoms with Crippen LogP contribution >= 0.6 is 11.6 Å². The van der Waals surface area contributed by atoms with Gasteiger partial charge < -0.3 is 14.5 Å². The molecule has 0 unspecified atom stereocenters. The van der Waals surface area contributed by atoms with Crippen molar-refractivity contribution < 1.29 is 14.3 Å². The first-order chi connectivity index (χ1) is 12.1. The number of ether oxygens (including phenoxy) is 1. The molecule has 2 heterocycles. The molecule has 2 aliphatic heterocycles. The van der Waals surface area contributed by atoms with E-state index in [0.717, 1.165) is 31.4 Å². The summed E-state index contributed by atoms with van der Waals surface area (Å²) in [5.41, 5.74) is 0. The van der Waals surface area contributed by atoms with Gasteiger partial charge in [0.25, 0.3) is 0 Å². The molecule has 0 N–H and O–H groups in total. The molecule has 1 atom stereocenters. The van der Waals surface area contributed by atoms with Gasteiger partial charge in [-0.05, 0) is 37.1 Å². The SMILES string of the molecule is O=C([C@H]1CC(=O)N(C2CC2)C1)N1CCC(Oc2ccc(Cl)cc2)CC1. The standard InChI is InChI=1S/C19H23ClN2O3/c20-14-1-5-16(6-2-14)25-17-7-9-21(10-8-17)19(24)13-11-18(23)22(12-13)15-3-4-15/h1-2,5-6,13,15,17H,3-4,7-12H2/t13-/m0/s1. The molecule has 2 amide bonds. The van der Waals surface area contributed by atoms with E-state index >= 15 is 0 Å². The van der Waals surface area contributed by atoms with E-state index in [9.17, 15) is 9.59 Å². The van der Waals surface area contributed by atoms with Crippen LogP contribution in [0.2, 0.25) is 5.02 Å². The second kappa shape index (κ2) is 6.87. The average Bonchev–Trinajstić information content (AvgIpc) is 3.39. The predicted octanol–water partition coefficient (Wildman–Crippen LogP) is 2.72. The Morgan fingerprint density at radius 3 is 2.40 bits per heavy atom. The number of carbonyl (C=O) groups excluding carboxylic acids is 2. The van der Waals surface area contributed by atoms with Gasteiger partial charge in [-0.2, -0.15) is 0 Å². The monoisotopic (exact) mass is 362 g/mol. The summed E-state index contributed by atoms with van der Waals surface area (Å²) >= 11 is 5.89. The van der Waals surface area contributed by atoms with Crippen LogP contribution < -0.4 is 4.74 Å². The highest BCUT2D eigenvalue weighted by molar-refractivity contribution is 6.30. The Labute approximate surface area is 152 Å². The number of likely N-dealkylation sites (tertiary alicyclic amines) is 2. The minimum absolute atomic E-state index is 0.124. The normalized spacial score (nSPS) is 24.7. The molecule has 1 aliphatic carbocycles. The van der Waals surface area contributed by atoms with Gasteiger partial charge >= 0.3 is 0 Å². The molecule has 3 aliphatic rings. The summed E-state index contributed by atoms with van der Waals surface area (Å²) in [4.78, 5) is 28.6. The van der Waals surface area contributed by atoms with Gasteiger partial charge in [0.1, 0.15) is 11.9 Å². The molecule has 0 radical (unpaired) electrons. The van der Waals surface area contributed by atoms with Crippen molar-refractivity contribution in [1.82, 2.24) is 9.80 Å². The molecule has 5 nitrogen and oxygen atoms in total. The number of rotatable bonds is 4. The van der Waals surface area contributed by atoms with Gasteiger partial charge in [-0.1, -0.05) is 11.6 Å². The Balaban J connectivity index is 1.27. The lowest BCUT2D eigenvalue weighted by atomic mass is 10.0. The average molecular weight is 363 g/mol. The molecular formula is C19H23ClN2O3. The largest absolute Gasteiger partial charge is 0.490 e. The maximum atomic E-state index is 12.7. The third-order valence-electron chi connectivity index (χ3n) is 5.37. The summed E-state index contributed by atoms with van der Waals surface area (Å²) in [7, 11) is 0. The van der Waals surface area contributed by atoms with E-state index in [2.05, 4.69) is 0 Å². The van der Waals surface area contributed by atoms with Crippen LogP contribution in [0.1, 0.15) is 32.1 Å². The molecule has 1 saturated carbocycles. The van der Waals surface area contributed by atoms with Gasteiger partial charge in [0.2, 0.25) is 11.8 Å². The van der Waals surface area contributed by atoms with Crippen molar-refractivity contribution in [3.05, 3.63) is 29.3 Å². The highest BCUT2D eigenvalue weighted by atomic mass is 35.5. The molecule has 6 heteroatoms. The molecule has 4 rings (SSSR count). The van der Waals surface area contributed by atoms with Gasteiger partial charge in [-0.15, -0.1) is 0 Å².